The van der Waals surface area contributed by atoms with E-state index in [1.165, 1.54) is 6.20 Å². The Hall–Kier alpha value is -1.14. The largest absolute Gasteiger partial charge is 0.387 e. The fraction of sp³-hybridized carbons (Fsp3) is 0.545. The Bertz CT molecular complexity index is 495. The summed E-state index contributed by atoms with van der Waals surface area (Å²) in [4.78, 5) is 4.08. The molecule has 2 N–H and O–H groups in total. The molecule has 17 heavy (non-hydrogen) atoms. The zero-order valence-corrected chi connectivity index (χ0v) is 10.8. The molecule has 94 valence electrons. The lowest BCUT2D eigenvalue weighted by molar-refractivity contribution is 0.270. The Kier molecular flexibility index (Phi) is 3.35. The highest BCUT2D eigenvalue weighted by atomic mass is 32.2. The van der Waals surface area contributed by atoms with Crippen LogP contribution in [0.5, 0.6) is 0 Å². The van der Waals surface area contributed by atoms with Crippen molar-refractivity contribution < 1.29 is 8.42 Å². The second-order valence-corrected chi connectivity index (χ2v) is 6.20. The van der Waals surface area contributed by atoms with E-state index in [2.05, 4.69) is 21.9 Å². The summed E-state index contributed by atoms with van der Waals surface area (Å²) in [5, 5.41) is 2.86. The quantitative estimate of drug-likeness (QED) is 0.848. The summed E-state index contributed by atoms with van der Waals surface area (Å²) >= 11 is 0. The van der Waals surface area contributed by atoms with Crippen molar-refractivity contribution in [3.05, 3.63) is 18.5 Å². The summed E-state index contributed by atoms with van der Waals surface area (Å²) < 4.78 is 27.0. The van der Waals surface area contributed by atoms with Crippen LogP contribution in [0, 0.1) is 5.92 Å². The molecule has 5 nitrogen and oxygen atoms in total. The van der Waals surface area contributed by atoms with Gasteiger partial charge in [-0.05, 0) is 24.8 Å². The Morgan fingerprint density at radius 1 is 1.41 bits per heavy atom. The number of aromatic nitrogens is 1. The van der Waals surface area contributed by atoms with E-state index in [0.29, 0.717) is 11.6 Å². The maximum Gasteiger partial charge on any atom is 0.244 e. The van der Waals surface area contributed by atoms with Crippen molar-refractivity contribution >= 4 is 15.7 Å². The molecule has 1 aliphatic carbocycles. The maximum atomic E-state index is 12.1. The molecule has 6 heteroatoms. The Balaban J connectivity index is 2.19. The van der Waals surface area contributed by atoms with Crippen LogP contribution in [0.4, 0.5) is 5.69 Å². The van der Waals surface area contributed by atoms with Crippen LogP contribution in [0.25, 0.3) is 0 Å². The van der Waals surface area contributed by atoms with Crippen LogP contribution in [0.3, 0.4) is 0 Å². The van der Waals surface area contributed by atoms with Crippen molar-refractivity contribution in [1.82, 2.24) is 9.71 Å². The summed E-state index contributed by atoms with van der Waals surface area (Å²) in [6, 6.07) is 1.72. The molecule has 1 aromatic heterocycles. The minimum absolute atomic E-state index is 0.0694. The van der Waals surface area contributed by atoms with E-state index in [1.54, 1.807) is 19.3 Å². The third-order valence-corrected chi connectivity index (χ3v) is 4.59. The van der Waals surface area contributed by atoms with E-state index >= 15 is 0 Å². The van der Waals surface area contributed by atoms with Gasteiger partial charge in [0.1, 0.15) is 4.90 Å². The number of nitrogens with one attached hydrogen (secondary N) is 2. The second-order valence-electron chi connectivity index (χ2n) is 4.52. The Morgan fingerprint density at radius 2 is 2.12 bits per heavy atom. The van der Waals surface area contributed by atoms with Crippen LogP contribution in [0.2, 0.25) is 0 Å². The zero-order chi connectivity index (χ0) is 12.5. The highest BCUT2D eigenvalue weighted by Crippen LogP contribution is 2.28. The Morgan fingerprint density at radius 3 is 2.71 bits per heavy atom. The maximum absolute atomic E-state index is 12.1. The monoisotopic (exact) mass is 255 g/mol. The van der Waals surface area contributed by atoms with E-state index in [9.17, 15) is 8.42 Å². The van der Waals surface area contributed by atoms with Gasteiger partial charge in [-0.1, -0.05) is 6.92 Å². The van der Waals surface area contributed by atoms with E-state index in [1.807, 2.05) is 0 Å². The smallest absolute Gasteiger partial charge is 0.244 e. The first-order valence-electron chi connectivity index (χ1n) is 5.67. The van der Waals surface area contributed by atoms with Gasteiger partial charge in [-0.15, -0.1) is 0 Å². The number of anilines is 1. The van der Waals surface area contributed by atoms with Crippen LogP contribution < -0.4 is 10.0 Å². The van der Waals surface area contributed by atoms with Gasteiger partial charge in [-0.2, -0.15) is 0 Å². The van der Waals surface area contributed by atoms with Gasteiger partial charge < -0.3 is 5.32 Å². The number of hydrogen-bond donors (Lipinski definition) is 2. The number of nitrogens with zero attached hydrogens (tertiary/aromatic N) is 1. The summed E-state index contributed by atoms with van der Waals surface area (Å²) in [7, 11) is -1.77. The molecule has 1 aromatic rings. The molecule has 1 aliphatic rings. The minimum Gasteiger partial charge on any atom is -0.387 e. The molecule has 0 amide bonds. The molecule has 2 rings (SSSR count). The van der Waals surface area contributed by atoms with Crippen LogP contribution in [-0.2, 0) is 10.0 Å². The number of sulfonamides is 1. The van der Waals surface area contributed by atoms with Gasteiger partial charge in [0, 0.05) is 25.5 Å². The second kappa shape index (κ2) is 4.62. The Labute approximate surface area is 102 Å². The lowest BCUT2D eigenvalue weighted by Crippen LogP contribution is -2.43. The third kappa shape index (κ3) is 2.58. The third-order valence-electron chi connectivity index (χ3n) is 3.04. The molecule has 0 bridgehead atoms. The van der Waals surface area contributed by atoms with Gasteiger partial charge in [0.05, 0.1) is 5.69 Å². The van der Waals surface area contributed by atoms with E-state index < -0.39 is 10.0 Å². The lowest BCUT2D eigenvalue weighted by Gasteiger charge is -2.33. The molecule has 0 radical (unpaired) electrons. The molecule has 0 spiro atoms. The van der Waals surface area contributed by atoms with Crippen molar-refractivity contribution in [2.75, 3.05) is 12.4 Å². The summed E-state index contributed by atoms with van der Waals surface area (Å²) in [6.45, 7) is 2.12. The van der Waals surface area contributed by atoms with Gasteiger partial charge in [0.15, 0.2) is 0 Å². The van der Waals surface area contributed by atoms with Gasteiger partial charge in [0.2, 0.25) is 10.0 Å². The average molecular weight is 255 g/mol. The summed E-state index contributed by atoms with van der Waals surface area (Å²) in [6.07, 6.45) is 4.76. The van der Waals surface area contributed by atoms with Crippen molar-refractivity contribution in [2.24, 2.45) is 5.92 Å². The molecule has 0 aliphatic heterocycles. The predicted molar refractivity (Wildman–Crippen MR) is 66.3 cm³/mol. The molecule has 0 atom stereocenters. The van der Waals surface area contributed by atoms with Crippen LogP contribution >= 0.6 is 0 Å². The van der Waals surface area contributed by atoms with Crippen molar-refractivity contribution in [2.45, 2.75) is 30.7 Å². The van der Waals surface area contributed by atoms with Gasteiger partial charge in [-0.3, -0.25) is 4.98 Å². The van der Waals surface area contributed by atoms with Crippen molar-refractivity contribution in [3.8, 4) is 0 Å². The number of hydrogen-bond acceptors (Lipinski definition) is 4. The first-order valence-corrected chi connectivity index (χ1v) is 7.15. The molecular weight excluding hydrogens is 238 g/mol. The van der Waals surface area contributed by atoms with Crippen LogP contribution in [0.15, 0.2) is 23.4 Å². The normalized spacial score (nSPS) is 24.1. The molecular formula is C11H17N3O2S. The molecule has 0 aromatic carbocycles. The number of pyridine rings is 1. The molecule has 1 saturated carbocycles. The van der Waals surface area contributed by atoms with Crippen molar-refractivity contribution in [3.63, 3.8) is 0 Å². The SMILES string of the molecule is CNc1ccncc1S(=O)(=O)NC1CC(C)C1. The standard InChI is InChI=1S/C11H17N3O2S/c1-8-5-9(6-8)14-17(15,16)11-7-13-4-3-10(11)12-2/h3-4,7-9,14H,5-6H2,1-2H3,(H,12,13). The van der Waals surface area contributed by atoms with Crippen LogP contribution in [-0.4, -0.2) is 26.5 Å². The van der Waals surface area contributed by atoms with Crippen LogP contribution in [0.1, 0.15) is 19.8 Å². The first kappa shape index (κ1) is 12.3. The van der Waals surface area contributed by atoms with E-state index in [-0.39, 0.29) is 10.9 Å². The molecule has 1 heterocycles. The fourth-order valence-electron chi connectivity index (χ4n) is 2.08. The average Bonchev–Trinajstić information content (AvgIpc) is 2.26. The molecule has 0 unspecified atom stereocenters. The molecule has 1 fully saturated rings. The first-order chi connectivity index (χ1) is 8.03. The predicted octanol–water partition coefficient (Wildman–Crippen LogP) is 1.20. The van der Waals surface area contributed by atoms with Gasteiger partial charge in [0.25, 0.3) is 0 Å². The van der Waals surface area contributed by atoms with E-state index in [4.69, 9.17) is 0 Å². The highest BCUT2D eigenvalue weighted by Gasteiger charge is 2.30. The van der Waals surface area contributed by atoms with Gasteiger partial charge in [-0.25, -0.2) is 13.1 Å². The van der Waals surface area contributed by atoms with Gasteiger partial charge >= 0.3 is 0 Å². The fourth-order valence-corrected chi connectivity index (χ4v) is 3.50. The van der Waals surface area contributed by atoms with E-state index in [0.717, 1.165) is 12.8 Å². The molecule has 0 saturated heterocycles. The van der Waals surface area contributed by atoms with Crippen molar-refractivity contribution in [1.29, 1.82) is 0 Å². The minimum atomic E-state index is -3.46. The highest BCUT2D eigenvalue weighted by molar-refractivity contribution is 7.89. The number of rotatable bonds is 4. The summed E-state index contributed by atoms with van der Waals surface area (Å²) in [5.41, 5.74) is 0.569. The lowest BCUT2D eigenvalue weighted by atomic mass is 9.83. The summed E-state index contributed by atoms with van der Waals surface area (Å²) in [5.74, 6) is 0.611. The topological polar surface area (TPSA) is 71.1 Å². The zero-order valence-electron chi connectivity index (χ0n) is 9.97.